The van der Waals surface area contributed by atoms with E-state index < -0.39 is 0 Å². The fourth-order valence-electron chi connectivity index (χ4n) is 3.06. The summed E-state index contributed by atoms with van der Waals surface area (Å²) in [6, 6.07) is 19.9. The Hall–Kier alpha value is -3.95. The lowest BCUT2D eigenvalue weighted by atomic mass is 10.0. The number of nitrogens with zero attached hydrogens (tertiary/aromatic N) is 1. The molecule has 0 spiro atoms. The number of carbonyl (C=O) groups is 1. The number of aryl methyl sites for hydroxylation is 1. The van der Waals surface area contributed by atoms with Crippen LogP contribution in [0.3, 0.4) is 0 Å². The van der Waals surface area contributed by atoms with Crippen LogP contribution in [0.1, 0.15) is 16.7 Å². The molecule has 0 atom stereocenters. The summed E-state index contributed by atoms with van der Waals surface area (Å²) in [4.78, 5) is 12.2. The molecular formula is C26H23ClN2O4. The van der Waals surface area contributed by atoms with Gasteiger partial charge in [0, 0.05) is 10.7 Å². The average molecular weight is 463 g/mol. The van der Waals surface area contributed by atoms with Gasteiger partial charge >= 0.3 is 0 Å². The molecule has 0 unspecified atom stereocenters. The third kappa shape index (κ3) is 6.28. The van der Waals surface area contributed by atoms with E-state index in [1.54, 1.807) is 68.8 Å². The molecule has 6 nitrogen and oxygen atoms in total. The summed E-state index contributed by atoms with van der Waals surface area (Å²) < 4.78 is 16.2. The molecule has 3 rings (SSSR count). The monoisotopic (exact) mass is 462 g/mol. The Balaban J connectivity index is 1.70. The minimum Gasteiger partial charge on any atom is -0.493 e. The molecule has 0 radical (unpaired) electrons. The van der Waals surface area contributed by atoms with E-state index in [-0.39, 0.29) is 12.5 Å². The van der Waals surface area contributed by atoms with Crippen LogP contribution in [0.2, 0.25) is 5.02 Å². The minimum atomic E-state index is -0.307. The van der Waals surface area contributed by atoms with E-state index in [0.717, 1.165) is 11.1 Å². The summed E-state index contributed by atoms with van der Waals surface area (Å²) in [5.74, 6) is 1.32. The van der Waals surface area contributed by atoms with Crippen molar-refractivity contribution in [2.24, 2.45) is 0 Å². The van der Waals surface area contributed by atoms with E-state index in [0.29, 0.717) is 39.1 Å². The van der Waals surface area contributed by atoms with Gasteiger partial charge in [0.15, 0.2) is 18.1 Å². The van der Waals surface area contributed by atoms with E-state index in [1.165, 1.54) is 0 Å². The van der Waals surface area contributed by atoms with Gasteiger partial charge < -0.3 is 19.5 Å². The number of ether oxygens (including phenoxy) is 3. The zero-order valence-corrected chi connectivity index (χ0v) is 19.3. The van der Waals surface area contributed by atoms with E-state index in [4.69, 9.17) is 25.8 Å². The number of rotatable bonds is 8. The lowest BCUT2D eigenvalue weighted by Gasteiger charge is -2.10. The van der Waals surface area contributed by atoms with Crippen molar-refractivity contribution in [3.63, 3.8) is 0 Å². The van der Waals surface area contributed by atoms with Crippen molar-refractivity contribution >= 4 is 34.8 Å². The first-order valence-electron chi connectivity index (χ1n) is 10.1. The van der Waals surface area contributed by atoms with Crippen LogP contribution in [-0.2, 0) is 4.79 Å². The number of hydrogen-bond donors (Lipinski definition) is 1. The number of benzene rings is 3. The van der Waals surface area contributed by atoms with Gasteiger partial charge in [-0.1, -0.05) is 29.8 Å². The second-order valence-electron chi connectivity index (χ2n) is 7.11. The van der Waals surface area contributed by atoms with Crippen LogP contribution >= 0.6 is 11.6 Å². The molecule has 0 aliphatic rings. The molecule has 168 valence electrons. The molecule has 33 heavy (non-hydrogen) atoms. The molecule has 1 N–H and O–H groups in total. The molecular weight excluding hydrogens is 440 g/mol. The molecule has 0 heterocycles. The Morgan fingerprint density at radius 3 is 2.55 bits per heavy atom. The highest BCUT2D eigenvalue weighted by molar-refractivity contribution is 6.31. The highest BCUT2D eigenvalue weighted by Crippen LogP contribution is 2.31. The van der Waals surface area contributed by atoms with Crippen molar-refractivity contribution in [1.29, 1.82) is 5.26 Å². The molecule has 0 fully saturated rings. The van der Waals surface area contributed by atoms with Gasteiger partial charge in [-0.25, -0.2) is 0 Å². The van der Waals surface area contributed by atoms with Gasteiger partial charge in [-0.2, -0.15) is 5.26 Å². The Bertz CT molecular complexity index is 1230. The van der Waals surface area contributed by atoms with Gasteiger partial charge in [0.05, 0.1) is 25.9 Å². The first-order chi connectivity index (χ1) is 15.9. The van der Waals surface area contributed by atoms with Crippen LogP contribution in [0.4, 0.5) is 5.69 Å². The predicted molar refractivity (Wildman–Crippen MR) is 130 cm³/mol. The molecule has 0 aliphatic heterocycles. The van der Waals surface area contributed by atoms with E-state index in [1.807, 2.05) is 19.1 Å². The zero-order valence-electron chi connectivity index (χ0n) is 18.5. The van der Waals surface area contributed by atoms with Gasteiger partial charge in [-0.05, 0) is 72.2 Å². The van der Waals surface area contributed by atoms with Crippen molar-refractivity contribution in [2.45, 2.75) is 6.92 Å². The van der Waals surface area contributed by atoms with Crippen LogP contribution in [0.5, 0.6) is 17.2 Å². The molecule has 0 aliphatic carbocycles. The van der Waals surface area contributed by atoms with Crippen LogP contribution in [-0.4, -0.2) is 26.7 Å². The smallest absolute Gasteiger partial charge is 0.262 e. The van der Waals surface area contributed by atoms with Crippen molar-refractivity contribution in [3.05, 3.63) is 82.4 Å². The van der Waals surface area contributed by atoms with Crippen LogP contribution in [0.15, 0.2) is 60.7 Å². The Labute approximate surface area is 198 Å². The lowest BCUT2D eigenvalue weighted by Crippen LogP contribution is -2.20. The summed E-state index contributed by atoms with van der Waals surface area (Å²) in [5, 5.41) is 13.0. The van der Waals surface area contributed by atoms with Crippen molar-refractivity contribution in [3.8, 4) is 23.3 Å². The van der Waals surface area contributed by atoms with E-state index in [2.05, 4.69) is 11.4 Å². The molecule has 3 aromatic rings. The number of amides is 1. The molecule has 3 aromatic carbocycles. The normalized spacial score (nSPS) is 10.8. The summed E-state index contributed by atoms with van der Waals surface area (Å²) >= 11 is 6.09. The number of halogens is 1. The topological polar surface area (TPSA) is 80.6 Å². The SMILES string of the molecule is COc1ccc(/C(C#N)=C/c2cccc(OCC(=O)Nc3ccc(C)c(Cl)c3)c2)cc1OC. The quantitative estimate of drug-likeness (QED) is 0.340. The lowest BCUT2D eigenvalue weighted by molar-refractivity contribution is -0.118. The van der Waals surface area contributed by atoms with Crippen molar-refractivity contribution in [1.82, 2.24) is 0 Å². The minimum absolute atomic E-state index is 0.167. The van der Waals surface area contributed by atoms with E-state index >= 15 is 0 Å². The third-order valence-electron chi connectivity index (χ3n) is 4.81. The van der Waals surface area contributed by atoms with E-state index in [9.17, 15) is 10.1 Å². The highest BCUT2D eigenvalue weighted by Gasteiger charge is 2.09. The van der Waals surface area contributed by atoms with Crippen LogP contribution in [0.25, 0.3) is 11.6 Å². The third-order valence-corrected chi connectivity index (χ3v) is 5.22. The number of allylic oxidation sites excluding steroid dienone is 1. The van der Waals surface area contributed by atoms with Crippen LogP contribution < -0.4 is 19.5 Å². The van der Waals surface area contributed by atoms with Crippen molar-refractivity contribution in [2.75, 3.05) is 26.1 Å². The standard InChI is InChI=1S/C26H23ClN2O4/c1-17-7-9-21(14-23(17)27)29-26(30)16-33-22-6-4-5-18(12-22)11-20(15-28)19-8-10-24(31-2)25(13-19)32-3/h4-14H,16H2,1-3H3,(H,29,30)/b20-11+. The molecule has 0 aromatic heterocycles. The number of nitriles is 1. The number of methoxy groups -OCH3 is 2. The van der Waals surface area contributed by atoms with Gasteiger partial charge in [0.25, 0.3) is 5.91 Å². The highest BCUT2D eigenvalue weighted by atomic mass is 35.5. The summed E-state index contributed by atoms with van der Waals surface area (Å²) in [6.07, 6.45) is 1.74. The van der Waals surface area contributed by atoms with Gasteiger partial charge in [0.1, 0.15) is 5.75 Å². The van der Waals surface area contributed by atoms with Crippen LogP contribution in [0, 0.1) is 18.3 Å². The Kier molecular flexibility index (Phi) is 7.96. The zero-order chi connectivity index (χ0) is 23.8. The molecule has 1 amide bonds. The Morgan fingerprint density at radius 2 is 1.85 bits per heavy atom. The average Bonchev–Trinajstić information content (AvgIpc) is 2.83. The maximum atomic E-state index is 12.2. The fraction of sp³-hybridized carbons (Fsp3) is 0.154. The molecule has 0 bridgehead atoms. The Morgan fingerprint density at radius 1 is 1.06 bits per heavy atom. The summed E-state index contributed by atoms with van der Waals surface area (Å²) in [7, 11) is 3.10. The predicted octanol–water partition coefficient (Wildman–Crippen LogP) is 5.75. The van der Waals surface area contributed by atoms with Gasteiger partial charge in [-0.3, -0.25) is 4.79 Å². The maximum absolute atomic E-state index is 12.2. The van der Waals surface area contributed by atoms with Gasteiger partial charge in [-0.15, -0.1) is 0 Å². The fourth-order valence-corrected chi connectivity index (χ4v) is 3.24. The molecule has 0 saturated carbocycles. The molecule has 7 heteroatoms. The van der Waals surface area contributed by atoms with Crippen molar-refractivity contribution < 1.29 is 19.0 Å². The second-order valence-corrected chi connectivity index (χ2v) is 7.52. The number of nitrogens with one attached hydrogen (secondary N) is 1. The van der Waals surface area contributed by atoms with Gasteiger partial charge in [0.2, 0.25) is 0 Å². The second kappa shape index (κ2) is 11.1. The summed E-state index contributed by atoms with van der Waals surface area (Å²) in [5.41, 5.74) is 3.43. The largest absolute Gasteiger partial charge is 0.493 e. The first-order valence-corrected chi connectivity index (χ1v) is 10.4. The number of hydrogen-bond acceptors (Lipinski definition) is 5. The first kappa shape index (κ1) is 23.7. The molecule has 0 saturated heterocycles. The number of carbonyl (C=O) groups excluding carboxylic acids is 1. The number of anilines is 1. The summed E-state index contributed by atoms with van der Waals surface area (Å²) in [6.45, 7) is 1.72. The maximum Gasteiger partial charge on any atom is 0.262 e.